The van der Waals surface area contributed by atoms with Crippen molar-refractivity contribution < 1.29 is 18.4 Å². The van der Waals surface area contributed by atoms with Gasteiger partial charge in [0, 0.05) is 6.07 Å². The third-order valence-corrected chi connectivity index (χ3v) is 4.97. The molecule has 0 aliphatic heterocycles. The van der Waals surface area contributed by atoms with Crippen LogP contribution >= 0.6 is 0 Å². The summed E-state index contributed by atoms with van der Waals surface area (Å²) in [5, 5.41) is 20.9. The van der Waals surface area contributed by atoms with Gasteiger partial charge in [0.05, 0.1) is 16.1 Å². The Kier molecular flexibility index (Phi) is 4.23. The lowest BCUT2D eigenvalue weighted by Gasteiger charge is -2.37. The van der Waals surface area contributed by atoms with Crippen molar-refractivity contribution >= 4 is 15.7 Å². The van der Waals surface area contributed by atoms with Crippen LogP contribution in [0.15, 0.2) is 29.2 Å². The molecule has 0 fully saturated rings. The summed E-state index contributed by atoms with van der Waals surface area (Å²) in [6, 6.07) is 5.06. The highest BCUT2D eigenvalue weighted by atomic mass is 32.2. The lowest BCUT2D eigenvalue weighted by molar-refractivity contribution is -0.387. The zero-order chi connectivity index (χ0) is 15.8. The molecule has 2 N–H and O–H groups in total. The Morgan fingerprint density at radius 2 is 1.70 bits per heavy atom. The van der Waals surface area contributed by atoms with Crippen molar-refractivity contribution in [2.24, 2.45) is 0 Å². The Labute approximate surface area is 117 Å². The summed E-state index contributed by atoms with van der Waals surface area (Å²) in [6.07, 6.45) is 0. The third kappa shape index (κ3) is 3.33. The number of nitrogens with one attached hydrogen (secondary N) is 1. The Morgan fingerprint density at radius 1 is 1.20 bits per heavy atom. The van der Waals surface area contributed by atoms with Crippen LogP contribution in [-0.2, 0) is 10.0 Å². The van der Waals surface area contributed by atoms with Crippen molar-refractivity contribution in [3.8, 4) is 0 Å². The number of nitro benzene ring substituents is 1. The quantitative estimate of drug-likeness (QED) is 0.631. The van der Waals surface area contributed by atoms with E-state index in [0.717, 1.165) is 12.1 Å². The van der Waals surface area contributed by atoms with Crippen LogP contribution in [-0.4, -0.2) is 29.6 Å². The van der Waals surface area contributed by atoms with Gasteiger partial charge in [-0.2, -0.15) is 0 Å². The molecule has 0 unspecified atom stereocenters. The summed E-state index contributed by atoms with van der Waals surface area (Å²) in [4.78, 5) is 9.71. The minimum absolute atomic E-state index is 0.428. The number of hydrogen-bond donors (Lipinski definition) is 2. The molecule has 7 nitrogen and oxygen atoms in total. The number of hydrogen-bond acceptors (Lipinski definition) is 5. The van der Waals surface area contributed by atoms with Crippen molar-refractivity contribution in [2.45, 2.75) is 43.7 Å². The number of para-hydroxylation sites is 1. The molecule has 0 aliphatic carbocycles. The normalized spacial score (nSPS) is 13.2. The molecule has 0 saturated heterocycles. The van der Waals surface area contributed by atoms with Gasteiger partial charge in [-0.1, -0.05) is 12.1 Å². The average Bonchev–Trinajstić information content (AvgIpc) is 2.26. The molecule has 0 aromatic heterocycles. The molecule has 1 aromatic carbocycles. The first-order chi connectivity index (χ1) is 8.88. The van der Waals surface area contributed by atoms with Crippen molar-refractivity contribution in [3.05, 3.63) is 34.4 Å². The van der Waals surface area contributed by atoms with Crippen LogP contribution in [0.25, 0.3) is 0 Å². The van der Waals surface area contributed by atoms with E-state index in [4.69, 9.17) is 0 Å². The predicted octanol–water partition coefficient (Wildman–Crippen LogP) is 1.42. The second kappa shape index (κ2) is 5.12. The van der Waals surface area contributed by atoms with E-state index in [1.165, 1.54) is 39.8 Å². The SMILES string of the molecule is CC(C)(O)C(C)(C)NS(=O)(=O)c1ccccc1[N+](=O)[O-]. The van der Waals surface area contributed by atoms with Crippen LogP contribution in [0.5, 0.6) is 0 Å². The Bertz CT molecular complexity index is 617. The number of nitro groups is 1. The monoisotopic (exact) mass is 302 g/mol. The first kappa shape index (κ1) is 16.5. The minimum atomic E-state index is -4.13. The van der Waals surface area contributed by atoms with E-state index in [2.05, 4.69) is 4.72 Å². The second-order valence-electron chi connectivity index (χ2n) is 5.51. The molecule has 0 atom stereocenters. The molecular formula is C12H18N2O5S. The molecule has 8 heteroatoms. The summed E-state index contributed by atoms with van der Waals surface area (Å²) >= 11 is 0. The van der Waals surface area contributed by atoms with E-state index in [-0.39, 0.29) is 0 Å². The maximum atomic E-state index is 12.3. The maximum absolute atomic E-state index is 12.3. The van der Waals surface area contributed by atoms with Crippen LogP contribution in [0.2, 0.25) is 0 Å². The fraction of sp³-hybridized carbons (Fsp3) is 0.500. The number of sulfonamides is 1. The van der Waals surface area contributed by atoms with Crippen LogP contribution in [0, 0.1) is 10.1 Å². The van der Waals surface area contributed by atoms with Crippen molar-refractivity contribution in [3.63, 3.8) is 0 Å². The van der Waals surface area contributed by atoms with E-state index >= 15 is 0 Å². The van der Waals surface area contributed by atoms with E-state index in [1.807, 2.05) is 0 Å². The highest BCUT2D eigenvalue weighted by molar-refractivity contribution is 7.89. The third-order valence-electron chi connectivity index (χ3n) is 3.27. The van der Waals surface area contributed by atoms with Gasteiger partial charge in [-0.05, 0) is 33.8 Å². The minimum Gasteiger partial charge on any atom is -0.389 e. The molecule has 112 valence electrons. The van der Waals surface area contributed by atoms with Crippen molar-refractivity contribution in [1.29, 1.82) is 0 Å². The van der Waals surface area contributed by atoms with Gasteiger partial charge in [0.2, 0.25) is 10.0 Å². The number of rotatable bonds is 5. The molecule has 0 radical (unpaired) electrons. The van der Waals surface area contributed by atoms with E-state index < -0.39 is 36.7 Å². The Balaban J connectivity index is 3.30. The van der Waals surface area contributed by atoms with Crippen LogP contribution in [0.3, 0.4) is 0 Å². The fourth-order valence-electron chi connectivity index (χ4n) is 1.35. The van der Waals surface area contributed by atoms with Gasteiger partial charge >= 0.3 is 0 Å². The summed E-state index contributed by atoms with van der Waals surface area (Å²) in [7, 11) is -4.13. The van der Waals surface area contributed by atoms with E-state index in [0.29, 0.717) is 0 Å². The summed E-state index contributed by atoms with van der Waals surface area (Å²) in [5.41, 5.74) is -3.05. The van der Waals surface area contributed by atoms with Gasteiger partial charge < -0.3 is 5.11 Å². The molecule has 0 heterocycles. The summed E-state index contributed by atoms with van der Waals surface area (Å²) < 4.78 is 26.9. The van der Waals surface area contributed by atoms with Crippen molar-refractivity contribution in [1.82, 2.24) is 4.72 Å². The van der Waals surface area contributed by atoms with Crippen molar-refractivity contribution in [2.75, 3.05) is 0 Å². The topological polar surface area (TPSA) is 110 Å². The zero-order valence-corrected chi connectivity index (χ0v) is 12.6. The van der Waals surface area contributed by atoms with Gasteiger partial charge in [-0.25, -0.2) is 13.1 Å². The molecule has 0 spiro atoms. The fourth-order valence-corrected chi connectivity index (χ4v) is 3.06. The first-order valence-electron chi connectivity index (χ1n) is 5.88. The van der Waals surface area contributed by atoms with Gasteiger partial charge in [-0.3, -0.25) is 10.1 Å². The van der Waals surface area contributed by atoms with E-state index in [1.54, 1.807) is 0 Å². The first-order valence-corrected chi connectivity index (χ1v) is 7.36. The Hall–Kier alpha value is -1.51. The van der Waals surface area contributed by atoms with E-state index in [9.17, 15) is 23.6 Å². The summed E-state index contributed by atoms with van der Waals surface area (Å²) in [5.74, 6) is 0. The van der Waals surface area contributed by atoms with Crippen LogP contribution in [0.1, 0.15) is 27.7 Å². The molecule has 0 bridgehead atoms. The number of nitrogens with zero attached hydrogens (tertiary/aromatic N) is 1. The number of aliphatic hydroxyl groups is 1. The van der Waals surface area contributed by atoms with Crippen LogP contribution < -0.4 is 4.72 Å². The lowest BCUT2D eigenvalue weighted by atomic mass is 9.87. The second-order valence-corrected chi connectivity index (χ2v) is 7.17. The molecule has 0 aliphatic rings. The molecule has 1 rings (SSSR count). The van der Waals surface area contributed by atoms with Gasteiger partial charge in [0.15, 0.2) is 4.90 Å². The van der Waals surface area contributed by atoms with Gasteiger partial charge in [-0.15, -0.1) is 0 Å². The molecule has 0 amide bonds. The molecule has 20 heavy (non-hydrogen) atoms. The van der Waals surface area contributed by atoms with Gasteiger partial charge in [0.25, 0.3) is 5.69 Å². The highest BCUT2D eigenvalue weighted by Gasteiger charge is 2.40. The number of benzene rings is 1. The maximum Gasteiger partial charge on any atom is 0.289 e. The summed E-state index contributed by atoms with van der Waals surface area (Å²) in [6.45, 7) is 5.91. The molecule has 1 aromatic rings. The largest absolute Gasteiger partial charge is 0.389 e. The van der Waals surface area contributed by atoms with Crippen LogP contribution in [0.4, 0.5) is 5.69 Å². The zero-order valence-electron chi connectivity index (χ0n) is 11.7. The lowest BCUT2D eigenvalue weighted by Crippen LogP contribution is -2.57. The average molecular weight is 302 g/mol. The molecular weight excluding hydrogens is 284 g/mol. The smallest absolute Gasteiger partial charge is 0.289 e. The Morgan fingerprint density at radius 3 is 2.15 bits per heavy atom. The predicted molar refractivity (Wildman–Crippen MR) is 73.8 cm³/mol. The highest BCUT2D eigenvalue weighted by Crippen LogP contribution is 2.27. The molecule has 0 saturated carbocycles. The van der Waals surface area contributed by atoms with Gasteiger partial charge in [0.1, 0.15) is 0 Å². The standard InChI is InChI=1S/C12H18N2O5S/c1-11(2,12(3,4)15)13-20(18,19)10-8-6-5-7-9(10)14(16)17/h5-8,13,15H,1-4H3.